The van der Waals surface area contributed by atoms with Gasteiger partial charge in [0, 0.05) is 35.9 Å². The number of ketones is 1. The standard InChI is InChI=1S/C18H14ClFN2O/c19-14-7-10(1-4-15(14)20)8-17(23)12-5-6-21-18-13(12)9-16(22-18)11-2-3-11/h1,4-7,11H,2-3,8-9H2. The fourth-order valence-corrected chi connectivity index (χ4v) is 3.16. The van der Waals surface area contributed by atoms with Crippen molar-refractivity contribution in [3.05, 3.63) is 58.0 Å². The summed E-state index contributed by atoms with van der Waals surface area (Å²) in [6, 6.07) is 6.13. The first-order chi connectivity index (χ1) is 11.1. The summed E-state index contributed by atoms with van der Waals surface area (Å²) in [7, 11) is 0. The third-order valence-corrected chi connectivity index (χ3v) is 4.63. The molecule has 0 amide bonds. The van der Waals surface area contributed by atoms with Crippen molar-refractivity contribution >= 4 is 28.9 Å². The largest absolute Gasteiger partial charge is 0.294 e. The van der Waals surface area contributed by atoms with E-state index in [0.29, 0.717) is 22.9 Å². The number of nitrogens with zero attached hydrogens (tertiary/aromatic N) is 2. The predicted molar refractivity (Wildman–Crippen MR) is 87.2 cm³/mol. The number of pyridine rings is 1. The summed E-state index contributed by atoms with van der Waals surface area (Å²) in [6.07, 6.45) is 4.91. The molecule has 1 saturated carbocycles. The third kappa shape index (κ3) is 2.79. The third-order valence-electron chi connectivity index (χ3n) is 4.34. The Balaban J connectivity index is 1.59. The minimum Gasteiger partial charge on any atom is -0.294 e. The Morgan fingerprint density at radius 3 is 2.87 bits per heavy atom. The average molecular weight is 329 g/mol. The molecule has 1 aromatic heterocycles. The molecule has 0 saturated heterocycles. The smallest absolute Gasteiger partial charge is 0.167 e. The van der Waals surface area contributed by atoms with E-state index >= 15 is 0 Å². The molecule has 2 aromatic rings. The van der Waals surface area contributed by atoms with Crippen molar-refractivity contribution in [3.63, 3.8) is 0 Å². The van der Waals surface area contributed by atoms with E-state index < -0.39 is 5.82 Å². The van der Waals surface area contributed by atoms with Gasteiger partial charge in [-0.2, -0.15) is 0 Å². The number of halogens is 2. The van der Waals surface area contributed by atoms with Gasteiger partial charge in [0.1, 0.15) is 5.82 Å². The van der Waals surface area contributed by atoms with E-state index in [-0.39, 0.29) is 17.2 Å². The van der Waals surface area contributed by atoms with Crippen LogP contribution in [-0.4, -0.2) is 16.5 Å². The summed E-state index contributed by atoms with van der Waals surface area (Å²) in [5.74, 6) is 0.756. The van der Waals surface area contributed by atoms with Crippen LogP contribution in [0.3, 0.4) is 0 Å². The minimum absolute atomic E-state index is 0.0152. The highest BCUT2D eigenvalue weighted by Gasteiger charge is 2.32. The molecule has 3 nitrogen and oxygen atoms in total. The lowest BCUT2D eigenvalue weighted by molar-refractivity contribution is 0.0992. The zero-order valence-corrected chi connectivity index (χ0v) is 13.1. The Morgan fingerprint density at radius 1 is 1.30 bits per heavy atom. The first-order valence-corrected chi connectivity index (χ1v) is 8.02. The molecule has 23 heavy (non-hydrogen) atoms. The highest BCUT2D eigenvalue weighted by Crippen LogP contribution is 2.38. The highest BCUT2D eigenvalue weighted by molar-refractivity contribution is 6.30. The minimum atomic E-state index is -0.477. The zero-order valence-electron chi connectivity index (χ0n) is 12.4. The maximum atomic E-state index is 13.2. The second-order valence-electron chi connectivity index (χ2n) is 6.06. The summed E-state index contributed by atoms with van der Waals surface area (Å²) in [4.78, 5) is 21.5. The topological polar surface area (TPSA) is 42.3 Å². The summed E-state index contributed by atoms with van der Waals surface area (Å²) < 4.78 is 13.2. The number of Topliss-reactive ketones (excluding diaryl/α,β-unsaturated/α-hetero) is 1. The predicted octanol–water partition coefficient (Wildman–Crippen LogP) is 4.34. The number of carbonyl (C=O) groups excluding carboxylic acids is 1. The van der Waals surface area contributed by atoms with Crippen LogP contribution >= 0.6 is 11.6 Å². The Bertz CT molecular complexity index is 843. The second kappa shape index (κ2) is 5.53. The van der Waals surface area contributed by atoms with Crippen LogP contribution in [0.4, 0.5) is 10.2 Å². The molecule has 116 valence electrons. The van der Waals surface area contributed by atoms with E-state index in [1.807, 2.05) is 0 Å². The number of hydrogen-bond donors (Lipinski definition) is 0. The average Bonchev–Trinajstić information content (AvgIpc) is 3.29. The summed E-state index contributed by atoms with van der Waals surface area (Å²) >= 11 is 5.78. The van der Waals surface area contributed by atoms with E-state index in [1.165, 1.54) is 25.0 Å². The molecular formula is C18H14ClFN2O. The SMILES string of the molecule is O=C(Cc1ccc(F)c(Cl)c1)c1ccnc2c1CC(C1CC1)=N2. The quantitative estimate of drug-likeness (QED) is 0.783. The van der Waals surface area contributed by atoms with Crippen LogP contribution in [0.5, 0.6) is 0 Å². The molecule has 1 aliphatic carbocycles. The van der Waals surface area contributed by atoms with Gasteiger partial charge in [-0.3, -0.25) is 4.79 Å². The van der Waals surface area contributed by atoms with Crippen molar-refractivity contribution in [2.75, 3.05) is 0 Å². The van der Waals surface area contributed by atoms with Crippen molar-refractivity contribution < 1.29 is 9.18 Å². The van der Waals surface area contributed by atoms with Gasteiger partial charge in [0.05, 0.1) is 5.02 Å². The Labute approximate surface area is 138 Å². The van der Waals surface area contributed by atoms with Crippen LogP contribution in [0.2, 0.25) is 5.02 Å². The van der Waals surface area contributed by atoms with Crippen molar-refractivity contribution in [3.8, 4) is 0 Å². The number of fused-ring (bicyclic) bond motifs is 1. The van der Waals surface area contributed by atoms with Crippen molar-refractivity contribution in [2.45, 2.75) is 25.7 Å². The maximum absolute atomic E-state index is 13.2. The van der Waals surface area contributed by atoms with Crippen molar-refractivity contribution in [2.24, 2.45) is 10.9 Å². The Kier molecular flexibility index (Phi) is 3.49. The molecule has 1 aliphatic heterocycles. The molecular weight excluding hydrogens is 315 g/mol. The van der Waals surface area contributed by atoms with Crippen LogP contribution in [-0.2, 0) is 12.8 Å². The molecule has 0 radical (unpaired) electrons. The number of hydrogen-bond acceptors (Lipinski definition) is 3. The van der Waals surface area contributed by atoms with Crippen LogP contribution in [0, 0.1) is 11.7 Å². The molecule has 1 fully saturated rings. The number of carbonyl (C=O) groups is 1. The molecule has 0 unspecified atom stereocenters. The van der Waals surface area contributed by atoms with Gasteiger partial charge in [-0.1, -0.05) is 17.7 Å². The van der Waals surface area contributed by atoms with Crippen molar-refractivity contribution in [1.82, 2.24) is 4.98 Å². The van der Waals surface area contributed by atoms with Gasteiger partial charge in [-0.05, 0) is 42.5 Å². The van der Waals surface area contributed by atoms with Gasteiger partial charge in [-0.25, -0.2) is 14.4 Å². The summed E-state index contributed by atoms with van der Waals surface area (Å²) in [6.45, 7) is 0. The maximum Gasteiger partial charge on any atom is 0.167 e. The highest BCUT2D eigenvalue weighted by atomic mass is 35.5. The Morgan fingerprint density at radius 2 is 2.13 bits per heavy atom. The molecule has 2 aliphatic rings. The van der Waals surface area contributed by atoms with Crippen LogP contribution in [0.1, 0.15) is 34.3 Å². The Hall–Kier alpha value is -2.07. The number of benzene rings is 1. The lowest BCUT2D eigenvalue weighted by atomic mass is 9.97. The normalized spacial score (nSPS) is 16.2. The fraction of sp³-hybridized carbons (Fsp3) is 0.278. The lowest BCUT2D eigenvalue weighted by Gasteiger charge is -2.07. The van der Waals surface area contributed by atoms with Gasteiger partial charge >= 0.3 is 0 Å². The molecule has 5 heteroatoms. The van der Waals surface area contributed by atoms with E-state index in [9.17, 15) is 9.18 Å². The second-order valence-corrected chi connectivity index (χ2v) is 6.47. The monoisotopic (exact) mass is 328 g/mol. The van der Waals surface area contributed by atoms with Crippen molar-refractivity contribution in [1.29, 1.82) is 0 Å². The van der Waals surface area contributed by atoms with E-state index in [4.69, 9.17) is 11.6 Å². The van der Waals surface area contributed by atoms with Gasteiger partial charge in [-0.15, -0.1) is 0 Å². The lowest BCUT2D eigenvalue weighted by Crippen LogP contribution is -2.09. The van der Waals surface area contributed by atoms with Gasteiger partial charge in [0.25, 0.3) is 0 Å². The van der Waals surface area contributed by atoms with Crippen LogP contribution in [0.25, 0.3) is 0 Å². The van der Waals surface area contributed by atoms with E-state index in [1.54, 1.807) is 18.3 Å². The molecule has 0 bridgehead atoms. The van der Waals surface area contributed by atoms with E-state index in [0.717, 1.165) is 17.7 Å². The molecule has 0 N–H and O–H groups in total. The first-order valence-electron chi connectivity index (χ1n) is 7.64. The van der Waals surface area contributed by atoms with E-state index in [2.05, 4.69) is 9.98 Å². The fourth-order valence-electron chi connectivity index (χ4n) is 2.95. The number of rotatable bonds is 4. The summed E-state index contributed by atoms with van der Waals surface area (Å²) in [5.41, 5.74) is 3.44. The van der Waals surface area contributed by atoms with Crippen LogP contribution < -0.4 is 0 Å². The zero-order chi connectivity index (χ0) is 16.0. The van der Waals surface area contributed by atoms with Gasteiger partial charge < -0.3 is 0 Å². The van der Waals surface area contributed by atoms with Crippen LogP contribution in [0.15, 0.2) is 35.5 Å². The number of aromatic nitrogens is 1. The van der Waals surface area contributed by atoms with Gasteiger partial charge in [0.15, 0.2) is 11.6 Å². The molecule has 4 rings (SSSR count). The molecule has 2 heterocycles. The molecule has 0 atom stereocenters. The summed E-state index contributed by atoms with van der Waals surface area (Å²) in [5, 5.41) is 0.0367. The number of aliphatic imine (C=N–C) groups is 1. The molecule has 1 aromatic carbocycles. The first kappa shape index (κ1) is 14.5. The van der Waals surface area contributed by atoms with Gasteiger partial charge in [0.2, 0.25) is 0 Å². The molecule has 0 spiro atoms.